The second-order valence-corrected chi connectivity index (χ2v) is 10.5. The lowest BCUT2D eigenvalue weighted by molar-refractivity contribution is 0.0269. The number of hydrogen-bond donors (Lipinski definition) is 3. The summed E-state index contributed by atoms with van der Waals surface area (Å²) < 4.78 is 20.6. The van der Waals surface area contributed by atoms with E-state index in [0.29, 0.717) is 29.1 Å². The van der Waals surface area contributed by atoms with E-state index in [9.17, 15) is 14.3 Å². The molecule has 0 aliphatic heterocycles. The number of carbonyl (C=O) groups is 1. The minimum absolute atomic E-state index is 0.0493. The van der Waals surface area contributed by atoms with Crippen molar-refractivity contribution in [3.63, 3.8) is 0 Å². The van der Waals surface area contributed by atoms with Crippen molar-refractivity contribution in [2.75, 3.05) is 18.5 Å². The predicted molar refractivity (Wildman–Crippen MR) is 150 cm³/mol. The molecule has 0 unspecified atom stereocenters. The van der Waals surface area contributed by atoms with Crippen molar-refractivity contribution in [3.8, 4) is 28.3 Å². The zero-order valence-electron chi connectivity index (χ0n) is 23.2. The zero-order valence-corrected chi connectivity index (χ0v) is 23.2. The zero-order chi connectivity index (χ0) is 27.9. The number of amides is 2. The molecule has 1 aliphatic rings. The summed E-state index contributed by atoms with van der Waals surface area (Å²) in [6.45, 7) is 11.9. The Morgan fingerprint density at radius 1 is 1.13 bits per heavy atom. The van der Waals surface area contributed by atoms with E-state index in [1.165, 1.54) is 18.9 Å². The van der Waals surface area contributed by atoms with Crippen LogP contribution in [0.2, 0.25) is 0 Å². The van der Waals surface area contributed by atoms with Crippen LogP contribution in [0.15, 0.2) is 48.8 Å². The molecule has 7 nitrogen and oxygen atoms in total. The number of anilines is 1. The summed E-state index contributed by atoms with van der Waals surface area (Å²) in [7, 11) is 0. The molecule has 0 bridgehead atoms. The van der Waals surface area contributed by atoms with Crippen LogP contribution in [0.25, 0.3) is 22.4 Å². The van der Waals surface area contributed by atoms with E-state index >= 15 is 0 Å². The molecule has 2 amide bonds. The van der Waals surface area contributed by atoms with Crippen LogP contribution >= 0.6 is 0 Å². The maximum absolute atomic E-state index is 14.8. The largest absolute Gasteiger partial charge is 0.475 e. The average Bonchev–Trinajstić information content (AvgIpc) is 3.62. The van der Waals surface area contributed by atoms with Gasteiger partial charge in [-0.3, -0.25) is 4.98 Å². The molecule has 3 N–H and O–H groups in total. The first-order valence-corrected chi connectivity index (χ1v) is 13.1. The van der Waals surface area contributed by atoms with E-state index in [-0.39, 0.29) is 12.3 Å². The van der Waals surface area contributed by atoms with E-state index in [4.69, 9.17) is 4.74 Å². The lowest BCUT2D eigenvalue weighted by Crippen LogP contribution is -2.30. The predicted octanol–water partition coefficient (Wildman–Crippen LogP) is 6.75. The van der Waals surface area contributed by atoms with Gasteiger partial charge in [0, 0.05) is 30.6 Å². The molecular formula is C30H39FN4O3. The first-order chi connectivity index (χ1) is 18.0. The summed E-state index contributed by atoms with van der Waals surface area (Å²) >= 11 is 0. The number of rotatable bonds is 9. The van der Waals surface area contributed by atoms with E-state index in [2.05, 4.69) is 27.5 Å². The van der Waals surface area contributed by atoms with Crippen LogP contribution in [0, 0.1) is 18.2 Å². The van der Waals surface area contributed by atoms with Gasteiger partial charge in [0.2, 0.25) is 5.88 Å². The van der Waals surface area contributed by atoms with Crippen LogP contribution in [0.3, 0.4) is 0 Å². The molecule has 2 aromatic heterocycles. The van der Waals surface area contributed by atoms with Gasteiger partial charge in [0.05, 0.1) is 17.0 Å². The average molecular weight is 523 g/mol. The number of nitrogens with zero attached hydrogens (tertiary/aromatic N) is 2. The summed E-state index contributed by atoms with van der Waals surface area (Å²) in [4.78, 5) is 21.1. The fourth-order valence-corrected chi connectivity index (χ4v) is 3.84. The molecule has 1 aliphatic carbocycles. The number of urea groups is 1. The topological polar surface area (TPSA) is 96.4 Å². The normalized spacial score (nSPS) is 13.7. The number of ether oxygens (including phenoxy) is 1. The number of carbonyl (C=O) groups excluding carboxylic acids is 1. The van der Waals surface area contributed by atoms with Crippen LogP contribution in [0.5, 0.6) is 5.88 Å². The Bertz CT molecular complexity index is 1240. The highest BCUT2D eigenvalue weighted by Gasteiger charge is 2.36. The molecule has 0 saturated heterocycles. The molecule has 0 radical (unpaired) electrons. The highest BCUT2D eigenvalue weighted by atomic mass is 19.1. The fraction of sp³-hybridized carbons (Fsp3) is 0.433. The smallest absolute Gasteiger partial charge is 0.319 e. The van der Waals surface area contributed by atoms with Crippen molar-refractivity contribution < 1.29 is 19.0 Å². The Morgan fingerprint density at radius 3 is 2.45 bits per heavy atom. The number of halogens is 1. The molecule has 8 heteroatoms. The van der Waals surface area contributed by atoms with E-state index in [1.807, 2.05) is 39.0 Å². The Morgan fingerprint density at radius 2 is 1.82 bits per heavy atom. The van der Waals surface area contributed by atoms with Crippen LogP contribution in [0.1, 0.15) is 59.4 Å². The Labute approximate surface area is 224 Å². The summed E-state index contributed by atoms with van der Waals surface area (Å²) in [5.41, 5.74) is 3.02. The number of aryl methyl sites for hydroxylation is 1. The van der Waals surface area contributed by atoms with E-state index in [1.54, 1.807) is 38.4 Å². The van der Waals surface area contributed by atoms with Gasteiger partial charge in [0.15, 0.2) is 0 Å². The highest BCUT2D eigenvalue weighted by Crippen LogP contribution is 2.47. The van der Waals surface area contributed by atoms with Crippen molar-refractivity contribution in [2.24, 2.45) is 5.41 Å². The second-order valence-electron chi connectivity index (χ2n) is 10.5. The fourth-order valence-electron chi connectivity index (χ4n) is 3.84. The van der Waals surface area contributed by atoms with Gasteiger partial charge in [-0.15, -0.1) is 0 Å². The lowest BCUT2D eigenvalue weighted by atomic mass is 9.98. The van der Waals surface area contributed by atoms with Crippen LogP contribution in [-0.4, -0.2) is 39.9 Å². The number of aromatic nitrogens is 2. The summed E-state index contributed by atoms with van der Waals surface area (Å²) in [5.74, 6) is -0.187. The minimum atomic E-state index is -1.04. The summed E-state index contributed by atoms with van der Waals surface area (Å²) in [5, 5.41) is 15.6. The molecular weight excluding hydrogens is 483 g/mol. The maximum atomic E-state index is 14.8. The van der Waals surface area contributed by atoms with Gasteiger partial charge in [0.25, 0.3) is 0 Å². The third-order valence-electron chi connectivity index (χ3n) is 6.34. The van der Waals surface area contributed by atoms with Crippen molar-refractivity contribution in [1.82, 2.24) is 15.3 Å². The van der Waals surface area contributed by atoms with Crippen molar-refractivity contribution in [2.45, 2.75) is 66.4 Å². The van der Waals surface area contributed by atoms with Gasteiger partial charge in [0.1, 0.15) is 12.4 Å². The Hall–Kier alpha value is -3.52. The second kappa shape index (κ2) is 12.3. The SMILES string of the molecule is CC.Cc1cc(F)c(NC(=O)NCCC2(C)CC2)cc1-c1cc(OCC(C)(C)O)nc(-c2ccncc2)c1. The highest BCUT2D eigenvalue weighted by molar-refractivity contribution is 5.90. The molecule has 1 fully saturated rings. The molecule has 4 rings (SSSR count). The molecule has 0 spiro atoms. The third kappa shape index (κ3) is 8.25. The van der Waals surface area contributed by atoms with E-state index in [0.717, 1.165) is 23.1 Å². The number of hydrogen-bond acceptors (Lipinski definition) is 5. The molecule has 204 valence electrons. The molecule has 1 saturated carbocycles. The minimum Gasteiger partial charge on any atom is -0.475 e. The van der Waals surface area contributed by atoms with E-state index < -0.39 is 17.4 Å². The first kappa shape index (κ1) is 29.0. The van der Waals surface area contributed by atoms with Gasteiger partial charge in [-0.1, -0.05) is 20.8 Å². The van der Waals surface area contributed by atoms with Gasteiger partial charge < -0.3 is 20.5 Å². The molecule has 0 atom stereocenters. The van der Waals surface area contributed by atoms with Crippen LogP contribution in [0.4, 0.5) is 14.9 Å². The van der Waals surface area contributed by atoms with Gasteiger partial charge in [-0.05, 0) is 92.5 Å². The van der Waals surface area contributed by atoms with Crippen molar-refractivity contribution >= 4 is 11.7 Å². The first-order valence-electron chi connectivity index (χ1n) is 13.1. The van der Waals surface area contributed by atoms with Crippen LogP contribution in [-0.2, 0) is 0 Å². The maximum Gasteiger partial charge on any atom is 0.319 e. The van der Waals surface area contributed by atoms with Gasteiger partial charge in [-0.25, -0.2) is 14.2 Å². The van der Waals surface area contributed by atoms with Gasteiger partial charge in [-0.2, -0.15) is 0 Å². The Kier molecular flexibility index (Phi) is 9.44. The summed E-state index contributed by atoms with van der Waals surface area (Å²) in [6.07, 6.45) is 6.62. The monoisotopic (exact) mass is 522 g/mol. The molecule has 2 heterocycles. The standard InChI is InChI=1S/C28H33FN4O3.C2H6/c1-18-13-22(29)24(33-26(34)31-12-9-28(4)7-8-28)16-21(18)20-14-23(19-5-10-30-11-6-19)32-25(15-20)36-17-27(2,3)35;1-2/h5-6,10-11,13-16,35H,7-9,12,17H2,1-4H3,(H2,31,33,34);1-2H3. The van der Waals surface area contributed by atoms with Crippen molar-refractivity contribution in [3.05, 3.63) is 60.2 Å². The Balaban J connectivity index is 0.00000195. The summed E-state index contributed by atoms with van der Waals surface area (Å²) in [6, 6.07) is 9.89. The van der Waals surface area contributed by atoms with Crippen molar-refractivity contribution in [1.29, 1.82) is 0 Å². The van der Waals surface area contributed by atoms with Gasteiger partial charge >= 0.3 is 6.03 Å². The lowest BCUT2D eigenvalue weighted by Gasteiger charge is -2.19. The quantitative estimate of drug-likeness (QED) is 0.289. The number of nitrogens with one attached hydrogen (secondary N) is 2. The molecule has 1 aromatic carbocycles. The molecule has 38 heavy (non-hydrogen) atoms. The number of benzene rings is 1. The third-order valence-corrected chi connectivity index (χ3v) is 6.34. The van der Waals surface area contributed by atoms with Crippen LogP contribution < -0.4 is 15.4 Å². The molecule has 3 aromatic rings. The number of aliphatic hydroxyl groups is 1. The number of pyridine rings is 2.